The zero-order chi connectivity index (χ0) is 15.5. The maximum absolute atomic E-state index is 6.61. The maximum Gasteiger partial charge on any atom is 0.199 e. The van der Waals surface area contributed by atoms with Crippen molar-refractivity contribution >= 4 is 24.2 Å². The molecule has 112 valence electrons. The van der Waals surface area contributed by atoms with Gasteiger partial charge in [0.25, 0.3) is 0 Å². The number of hydrogen-bond acceptors (Lipinski definition) is 1. The normalized spacial score (nSPS) is 13.7. The summed E-state index contributed by atoms with van der Waals surface area (Å²) in [6.45, 7) is 19.8. The number of rotatable bonds is 5. The molecule has 0 atom stereocenters. The molecule has 0 aromatic heterocycles. The van der Waals surface area contributed by atoms with Crippen molar-refractivity contribution in [1.29, 1.82) is 0 Å². The van der Waals surface area contributed by atoms with Gasteiger partial charge in [0.1, 0.15) is 5.60 Å². The summed E-state index contributed by atoms with van der Waals surface area (Å²) in [6.07, 6.45) is 0. The van der Waals surface area contributed by atoms with Crippen LogP contribution in [-0.2, 0) is 4.43 Å². The molecule has 3 heteroatoms. The fraction of sp³-hybridized carbons (Fsp3) is 0.875. The molecule has 0 rings (SSSR count). The summed E-state index contributed by atoms with van der Waals surface area (Å²) < 4.78 is 6.61. The molecule has 0 bridgehead atoms. The minimum absolute atomic E-state index is 0.0124. The molecule has 0 radical (unpaired) electrons. The Hall–Kier alpha value is 0.217. The summed E-state index contributed by atoms with van der Waals surface area (Å²) >= 11 is 3.60. The molecular formula is C16H31BrOSi. The van der Waals surface area contributed by atoms with E-state index in [9.17, 15) is 0 Å². The molecule has 19 heavy (non-hydrogen) atoms. The van der Waals surface area contributed by atoms with E-state index in [4.69, 9.17) is 4.43 Å². The molecular weight excluding hydrogens is 316 g/mol. The van der Waals surface area contributed by atoms with Gasteiger partial charge in [0.2, 0.25) is 0 Å². The predicted octanol–water partition coefficient (Wildman–Crippen LogP) is 5.24. The highest BCUT2D eigenvalue weighted by Crippen LogP contribution is 2.34. The fourth-order valence-corrected chi connectivity index (χ4v) is 3.82. The predicted molar refractivity (Wildman–Crippen MR) is 92.0 cm³/mol. The number of halogens is 1. The van der Waals surface area contributed by atoms with Crippen LogP contribution in [0.15, 0.2) is 0 Å². The van der Waals surface area contributed by atoms with Crippen LogP contribution in [0.4, 0.5) is 0 Å². The molecule has 0 spiro atoms. The highest BCUT2D eigenvalue weighted by molar-refractivity contribution is 9.09. The van der Waals surface area contributed by atoms with Crippen LogP contribution >= 0.6 is 15.9 Å². The number of hydrogen-bond donors (Lipinski definition) is 0. The first kappa shape index (κ1) is 19.2. The van der Waals surface area contributed by atoms with Crippen molar-refractivity contribution in [3.63, 3.8) is 0 Å². The Morgan fingerprint density at radius 1 is 1.00 bits per heavy atom. The minimum Gasteiger partial charge on any atom is -0.400 e. The van der Waals surface area contributed by atoms with Gasteiger partial charge in [0.15, 0.2) is 8.32 Å². The van der Waals surface area contributed by atoms with Gasteiger partial charge in [-0.1, -0.05) is 55.5 Å². The molecule has 0 aliphatic rings. The van der Waals surface area contributed by atoms with Crippen LogP contribution in [-0.4, -0.2) is 18.9 Å². The first-order valence-corrected chi connectivity index (χ1v) is 11.4. The van der Waals surface area contributed by atoms with Gasteiger partial charge in [0, 0.05) is 10.4 Å². The molecule has 1 nitrogen and oxygen atoms in total. The molecule has 0 aromatic carbocycles. The second kappa shape index (κ2) is 6.78. The molecule has 0 unspecified atom stereocenters. The molecule has 0 aliphatic heterocycles. The molecule has 0 aromatic rings. The zero-order valence-electron chi connectivity index (χ0n) is 14.1. The van der Waals surface area contributed by atoms with Gasteiger partial charge >= 0.3 is 0 Å². The first-order valence-electron chi connectivity index (χ1n) is 7.17. The average molecular weight is 347 g/mol. The molecule has 0 amide bonds. The van der Waals surface area contributed by atoms with Crippen molar-refractivity contribution in [1.82, 2.24) is 0 Å². The smallest absolute Gasteiger partial charge is 0.199 e. The lowest BCUT2D eigenvalue weighted by atomic mass is 9.80. The standard InChI is InChI=1S/C16H31BrOSi/c1-13(2)16(14(3)4,11-10-15(5,6)7)18-19(8,9)12-17/h13-14H,12H2,1-9H3. The molecule has 0 N–H and O–H groups in total. The summed E-state index contributed by atoms with van der Waals surface area (Å²) in [5.41, 5.74) is -0.324. The van der Waals surface area contributed by atoms with E-state index >= 15 is 0 Å². The summed E-state index contributed by atoms with van der Waals surface area (Å²) in [7, 11) is -1.72. The Kier molecular flexibility index (Phi) is 6.86. The highest BCUT2D eigenvalue weighted by Gasteiger charge is 2.42. The van der Waals surface area contributed by atoms with Crippen LogP contribution in [0.25, 0.3) is 0 Å². The lowest BCUT2D eigenvalue weighted by molar-refractivity contribution is 0.0271. The van der Waals surface area contributed by atoms with E-state index in [1.54, 1.807) is 0 Å². The van der Waals surface area contributed by atoms with Gasteiger partial charge in [-0.05, 0) is 45.7 Å². The average Bonchev–Trinajstić information content (AvgIpc) is 2.22. The van der Waals surface area contributed by atoms with Gasteiger partial charge in [-0.2, -0.15) is 0 Å². The van der Waals surface area contributed by atoms with Crippen molar-refractivity contribution in [2.75, 3.05) is 4.95 Å². The third-order valence-corrected chi connectivity index (χ3v) is 8.70. The summed E-state index contributed by atoms with van der Waals surface area (Å²) in [6, 6.07) is 0. The third kappa shape index (κ3) is 6.02. The second-order valence-electron chi connectivity index (χ2n) is 7.60. The summed E-state index contributed by atoms with van der Waals surface area (Å²) in [4.78, 5) is 0.943. The van der Waals surface area contributed by atoms with E-state index in [1.807, 2.05) is 0 Å². The van der Waals surface area contributed by atoms with Crippen molar-refractivity contribution in [3.8, 4) is 11.8 Å². The Bertz CT molecular complexity index is 334. The van der Waals surface area contributed by atoms with Gasteiger partial charge in [-0.25, -0.2) is 0 Å². The van der Waals surface area contributed by atoms with E-state index in [-0.39, 0.29) is 11.0 Å². The second-order valence-corrected chi connectivity index (χ2v) is 13.3. The van der Waals surface area contributed by atoms with E-state index in [0.29, 0.717) is 11.8 Å². The van der Waals surface area contributed by atoms with Gasteiger partial charge in [-0.15, -0.1) is 0 Å². The highest BCUT2D eigenvalue weighted by atomic mass is 79.9. The van der Waals surface area contributed by atoms with Crippen molar-refractivity contribution < 1.29 is 4.43 Å². The quantitative estimate of drug-likeness (QED) is 0.375. The van der Waals surface area contributed by atoms with Crippen LogP contribution in [0, 0.1) is 29.1 Å². The molecule has 0 saturated carbocycles. The first-order chi connectivity index (χ1) is 8.36. The Balaban J connectivity index is 5.63. The maximum atomic E-state index is 6.61. The fourth-order valence-electron chi connectivity index (χ4n) is 1.99. The van der Waals surface area contributed by atoms with Crippen LogP contribution in [0.1, 0.15) is 48.5 Å². The molecule has 0 heterocycles. The summed E-state index contributed by atoms with van der Waals surface area (Å²) in [5.74, 6) is 7.67. The molecule has 0 aliphatic carbocycles. The lowest BCUT2D eigenvalue weighted by Gasteiger charge is -2.42. The van der Waals surface area contributed by atoms with Crippen LogP contribution in [0.3, 0.4) is 0 Å². The van der Waals surface area contributed by atoms with Gasteiger partial charge in [-0.3, -0.25) is 0 Å². The van der Waals surface area contributed by atoms with E-state index in [1.165, 1.54) is 0 Å². The Morgan fingerprint density at radius 3 is 1.68 bits per heavy atom. The van der Waals surface area contributed by atoms with E-state index in [0.717, 1.165) is 4.95 Å². The van der Waals surface area contributed by atoms with Crippen LogP contribution in [0.5, 0.6) is 0 Å². The van der Waals surface area contributed by atoms with Crippen molar-refractivity contribution in [3.05, 3.63) is 0 Å². The zero-order valence-corrected chi connectivity index (χ0v) is 16.7. The van der Waals surface area contributed by atoms with Gasteiger partial charge in [0.05, 0.1) is 0 Å². The Morgan fingerprint density at radius 2 is 1.42 bits per heavy atom. The molecule has 0 fully saturated rings. The lowest BCUT2D eigenvalue weighted by Crippen LogP contribution is -2.51. The minimum atomic E-state index is -1.72. The third-order valence-electron chi connectivity index (χ3n) is 3.12. The van der Waals surface area contributed by atoms with Crippen LogP contribution < -0.4 is 0 Å². The largest absolute Gasteiger partial charge is 0.400 e. The summed E-state index contributed by atoms with van der Waals surface area (Å²) in [5, 5.41) is 0. The molecule has 0 saturated heterocycles. The number of alkyl halides is 1. The monoisotopic (exact) mass is 346 g/mol. The van der Waals surface area contributed by atoms with E-state index in [2.05, 4.69) is 89.3 Å². The van der Waals surface area contributed by atoms with Crippen molar-refractivity contribution in [2.24, 2.45) is 17.3 Å². The van der Waals surface area contributed by atoms with Crippen molar-refractivity contribution in [2.45, 2.75) is 67.2 Å². The Labute approximate surface area is 130 Å². The van der Waals surface area contributed by atoms with Crippen LogP contribution in [0.2, 0.25) is 13.1 Å². The topological polar surface area (TPSA) is 9.23 Å². The van der Waals surface area contributed by atoms with Gasteiger partial charge < -0.3 is 4.43 Å². The SMILES string of the molecule is CC(C)C(C#CC(C)(C)C)(O[Si](C)(C)CBr)C(C)C. The van der Waals surface area contributed by atoms with E-state index < -0.39 is 8.32 Å².